The highest BCUT2D eigenvalue weighted by Crippen LogP contribution is 2.39. The van der Waals surface area contributed by atoms with Gasteiger partial charge in [-0.3, -0.25) is 9.69 Å². The Bertz CT molecular complexity index is 875. The lowest BCUT2D eigenvalue weighted by atomic mass is 10.0. The quantitative estimate of drug-likeness (QED) is 0.684. The van der Waals surface area contributed by atoms with Crippen molar-refractivity contribution in [3.63, 3.8) is 0 Å². The van der Waals surface area contributed by atoms with Crippen molar-refractivity contribution in [3.05, 3.63) is 40.2 Å². The van der Waals surface area contributed by atoms with E-state index < -0.39 is 5.97 Å². The van der Waals surface area contributed by atoms with E-state index in [2.05, 4.69) is 10.2 Å². The van der Waals surface area contributed by atoms with Crippen molar-refractivity contribution in [1.29, 1.82) is 0 Å². The van der Waals surface area contributed by atoms with Crippen LogP contribution in [0.3, 0.4) is 0 Å². The number of carbonyl (C=O) groups is 2. The highest BCUT2D eigenvalue weighted by molar-refractivity contribution is 7.15. The molecule has 156 valence electrons. The van der Waals surface area contributed by atoms with Crippen molar-refractivity contribution in [2.75, 3.05) is 31.6 Å². The van der Waals surface area contributed by atoms with Gasteiger partial charge in [0.05, 0.1) is 25.4 Å². The topological polar surface area (TPSA) is 67.9 Å². The van der Waals surface area contributed by atoms with Crippen LogP contribution >= 0.6 is 22.9 Å². The second kappa shape index (κ2) is 9.71. The maximum absolute atomic E-state index is 12.7. The first-order chi connectivity index (χ1) is 13.9. The SMILES string of the molecule is CCOC(=O)c1c(-c2ccccc2Cl)csc1NC(=O)CN1C[C@H](C)O[C@@H](C)C1. The van der Waals surface area contributed by atoms with Crippen LogP contribution < -0.4 is 5.32 Å². The summed E-state index contributed by atoms with van der Waals surface area (Å²) in [6.07, 6.45) is 0.158. The number of halogens is 1. The van der Waals surface area contributed by atoms with Crippen molar-refractivity contribution in [3.8, 4) is 11.1 Å². The molecule has 6 nitrogen and oxygen atoms in total. The van der Waals surface area contributed by atoms with Crippen molar-refractivity contribution < 1.29 is 19.1 Å². The lowest BCUT2D eigenvalue weighted by molar-refractivity contribution is -0.121. The van der Waals surface area contributed by atoms with Gasteiger partial charge in [-0.15, -0.1) is 11.3 Å². The standard InChI is InChI=1S/C21H25ClN2O4S/c1-4-27-21(26)19-16(15-7-5-6-8-17(15)22)12-29-20(19)23-18(25)11-24-9-13(2)28-14(3)10-24/h5-8,12-14H,4,9-11H2,1-3H3,(H,23,25)/t13-,14-/m0/s1. The van der Waals surface area contributed by atoms with Gasteiger partial charge in [-0.05, 0) is 26.8 Å². The average molecular weight is 437 g/mol. The van der Waals surface area contributed by atoms with Crippen molar-refractivity contribution >= 4 is 39.8 Å². The fourth-order valence-corrected chi connectivity index (χ4v) is 4.72. The third-order valence-corrected chi connectivity index (χ3v) is 5.78. The predicted molar refractivity (Wildman–Crippen MR) is 116 cm³/mol. The normalized spacial score (nSPS) is 19.7. The maximum atomic E-state index is 12.7. The summed E-state index contributed by atoms with van der Waals surface area (Å²) in [4.78, 5) is 27.4. The lowest BCUT2D eigenvalue weighted by Gasteiger charge is -2.34. The van der Waals surface area contributed by atoms with E-state index in [1.807, 2.05) is 37.4 Å². The largest absolute Gasteiger partial charge is 0.462 e. The third kappa shape index (κ3) is 5.36. The molecule has 1 amide bonds. The molecule has 2 atom stereocenters. The second-order valence-electron chi connectivity index (χ2n) is 7.05. The zero-order valence-electron chi connectivity index (χ0n) is 16.7. The van der Waals surface area contributed by atoms with Gasteiger partial charge in [-0.1, -0.05) is 29.8 Å². The summed E-state index contributed by atoms with van der Waals surface area (Å²) in [5.74, 6) is -0.656. The van der Waals surface area contributed by atoms with E-state index in [9.17, 15) is 9.59 Å². The number of ether oxygens (including phenoxy) is 2. The van der Waals surface area contributed by atoms with Gasteiger partial charge in [0.1, 0.15) is 10.6 Å². The zero-order chi connectivity index (χ0) is 21.0. The Hall–Kier alpha value is -1.93. The molecule has 1 aliphatic heterocycles. The number of nitrogens with zero attached hydrogens (tertiary/aromatic N) is 1. The zero-order valence-corrected chi connectivity index (χ0v) is 18.3. The molecule has 0 unspecified atom stereocenters. The number of thiophene rings is 1. The Morgan fingerprint density at radius 1 is 1.24 bits per heavy atom. The van der Waals surface area contributed by atoms with Crippen LogP contribution in [0.25, 0.3) is 11.1 Å². The predicted octanol–water partition coefficient (Wildman–Crippen LogP) is 4.29. The first-order valence-electron chi connectivity index (χ1n) is 9.60. The Balaban J connectivity index is 1.82. The van der Waals surface area contributed by atoms with E-state index in [0.29, 0.717) is 34.2 Å². The molecule has 0 radical (unpaired) electrons. The minimum atomic E-state index is -0.479. The molecule has 0 aliphatic carbocycles. The summed E-state index contributed by atoms with van der Waals surface area (Å²) in [6.45, 7) is 7.60. The van der Waals surface area contributed by atoms with E-state index in [-0.39, 0.29) is 31.3 Å². The molecular weight excluding hydrogens is 412 g/mol. The number of esters is 1. The molecule has 0 saturated carbocycles. The molecule has 1 aromatic carbocycles. The van der Waals surface area contributed by atoms with E-state index >= 15 is 0 Å². The number of nitrogens with one attached hydrogen (secondary N) is 1. The van der Waals surface area contributed by atoms with Crippen LogP contribution in [0.2, 0.25) is 5.02 Å². The Morgan fingerprint density at radius 2 is 1.93 bits per heavy atom. The van der Waals surface area contributed by atoms with Crippen molar-refractivity contribution in [1.82, 2.24) is 4.90 Å². The number of rotatable bonds is 6. The molecule has 1 N–H and O–H groups in total. The fraction of sp³-hybridized carbons (Fsp3) is 0.429. The van der Waals surface area contributed by atoms with Gasteiger partial charge in [0, 0.05) is 34.6 Å². The summed E-state index contributed by atoms with van der Waals surface area (Å²) >= 11 is 7.62. The number of hydrogen-bond donors (Lipinski definition) is 1. The molecule has 1 fully saturated rings. The second-order valence-corrected chi connectivity index (χ2v) is 8.34. The first kappa shape index (κ1) is 21.8. The minimum absolute atomic E-state index is 0.0789. The minimum Gasteiger partial charge on any atom is -0.462 e. The van der Waals surface area contributed by atoms with E-state index in [1.165, 1.54) is 11.3 Å². The highest BCUT2D eigenvalue weighted by atomic mass is 35.5. The van der Waals surface area contributed by atoms with Gasteiger partial charge in [0.15, 0.2) is 0 Å². The van der Waals surface area contributed by atoms with Crippen molar-refractivity contribution in [2.45, 2.75) is 33.0 Å². The van der Waals surface area contributed by atoms with Crippen LogP contribution in [0.5, 0.6) is 0 Å². The summed E-state index contributed by atoms with van der Waals surface area (Å²) in [7, 11) is 0. The van der Waals surface area contributed by atoms with Crippen LogP contribution in [0, 0.1) is 0 Å². The molecule has 8 heteroatoms. The monoisotopic (exact) mass is 436 g/mol. The molecule has 0 bridgehead atoms. The molecule has 2 heterocycles. The van der Waals surface area contributed by atoms with E-state index in [4.69, 9.17) is 21.1 Å². The summed E-state index contributed by atoms with van der Waals surface area (Å²) in [6, 6.07) is 7.29. The highest BCUT2D eigenvalue weighted by Gasteiger charge is 2.26. The average Bonchev–Trinajstić information content (AvgIpc) is 3.04. The molecule has 3 rings (SSSR count). The van der Waals surface area contributed by atoms with Gasteiger partial charge in [0.2, 0.25) is 5.91 Å². The molecule has 29 heavy (non-hydrogen) atoms. The number of hydrogen-bond acceptors (Lipinski definition) is 6. The summed E-state index contributed by atoms with van der Waals surface area (Å²) < 4.78 is 10.9. The molecule has 1 aliphatic rings. The van der Waals surface area contributed by atoms with E-state index in [1.54, 1.807) is 13.0 Å². The van der Waals surface area contributed by atoms with Crippen LogP contribution in [0.4, 0.5) is 5.00 Å². The number of benzene rings is 1. The Labute approximate surface area is 179 Å². The Morgan fingerprint density at radius 3 is 2.59 bits per heavy atom. The summed E-state index contributed by atoms with van der Waals surface area (Å²) in [5.41, 5.74) is 1.72. The smallest absolute Gasteiger partial charge is 0.341 e. The van der Waals surface area contributed by atoms with Gasteiger partial charge >= 0.3 is 5.97 Å². The van der Waals surface area contributed by atoms with Gasteiger partial charge in [-0.2, -0.15) is 0 Å². The van der Waals surface area contributed by atoms with E-state index in [0.717, 1.165) is 5.56 Å². The molecular formula is C21H25ClN2O4S. The summed E-state index contributed by atoms with van der Waals surface area (Å²) in [5, 5.41) is 5.71. The third-order valence-electron chi connectivity index (χ3n) is 4.55. The number of morpholine rings is 1. The lowest BCUT2D eigenvalue weighted by Crippen LogP contribution is -2.48. The van der Waals surface area contributed by atoms with Gasteiger partial charge in [-0.25, -0.2) is 4.79 Å². The Kier molecular flexibility index (Phi) is 7.29. The number of anilines is 1. The molecule has 0 spiro atoms. The van der Waals surface area contributed by atoms with Gasteiger partial charge in [0.25, 0.3) is 0 Å². The molecule has 1 saturated heterocycles. The fourth-order valence-electron chi connectivity index (χ4n) is 3.52. The van der Waals surface area contributed by atoms with Crippen LogP contribution in [-0.2, 0) is 14.3 Å². The maximum Gasteiger partial charge on any atom is 0.341 e. The van der Waals surface area contributed by atoms with Gasteiger partial charge < -0.3 is 14.8 Å². The number of carbonyl (C=O) groups excluding carboxylic acids is 2. The molecule has 1 aromatic heterocycles. The van der Waals surface area contributed by atoms with Crippen LogP contribution in [0.1, 0.15) is 31.1 Å². The molecule has 2 aromatic rings. The van der Waals surface area contributed by atoms with Crippen LogP contribution in [-0.4, -0.2) is 55.2 Å². The number of amides is 1. The first-order valence-corrected chi connectivity index (χ1v) is 10.9. The van der Waals surface area contributed by atoms with Crippen LogP contribution in [0.15, 0.2) is 29.6 Å². The van der Waals surface area contributed by atoms with Crippen molar-refractivity contribution in [2.24, 2.45) is 0 Å².